The summed E-state index contributed by atoms with van der Waals surface area (Å²) in [7, 11) is 0. The molecular weight excluding hydrogens is 352 g/mol. The molecule has 0 saturated heterocycles. The van der Waals surface area contributed by atoms with E-state index >= 15 is 0 Å². The van der Waals surface area contributed by atoms with E-state index in [1.807, 2.05) is 47.4 Å². The molecule has 0 bridgehead atoms. The zero-order chi connectivity index (χ0) is 19.1. The van der Waals surface area contributed by atoms with Gasteiger partial charge >= 0.3 is 5.97 Å². The van der Waals surface area contributed by atoms with Crippen LogP contribution in [0.25, 0.3) is 0 Å². The lowest BCUT2D eigenvalue weighted by Gasteiger charge is -2.34. The van der Waals surface area contributed by atoms with Crippen molar-refractivity contribution >= 4 is 11.9 Å². The zero-order valence-corrected chi connectivity index (χ0v) is 15.6. The summed E-state index contributed by atoms with van der Waals surface area (Å²) in [5.74, 6) is -0.132. The Labute approximate surface area is 164 Å². The Kier molecular flexibility index (Phi) is 4.24. The zero-order valence-electron chi connectivity index (χ0n) is 15.6. The maximum absolute atomic E-state index is 13.2. The lowest BCUT2D eigenvalue weighted by molar-refractivity contribution is -0.140. The van der Waals surface area contributed by atoms with Crippen LogP contribution in [0.2, 0.25) is 0 Å². The topological polar surface area (TPSA) is 58.6 Å². The minimum Gasteiger partial charge on any atom is -0.449 e. The van der Waals surface area contributed by atoms with Crippen LogP contribution in [0.15, 0.2) is 65.7 Å². The van der Waals surface area contributed by atoms with Gasteiger partial charge in [-0.2, -0.15) is 0 Å². The summed E-state index contributed by atoms with van der Waals surface area (Å²) in [6.45, 7) is 1.73. The molecule has 3 heterocycles. The van der Waals surface area contributed by atoms with Crippen molar-refractivity contribution in [3.05, 3.63) is 82.4 Å². The van der Waals surface area contributed by atoms with E-state index in [0.29, 0.717) is 32.5 Å². The molecule has 1 amide bonds. The molecule has 1 N–H and O–H groups in total. The van der Waals surface area contributed by atoms with Crippen LogP contribution in [0.3, 0.4) is 0 Å². The SMILES string of the molecule is O=C1OC(c2ccccc2)C2=C1CCN(C(=O)[C@@H]1Cc3ccccc3CN1)C2. The molecule has 0 saturated carbocycles. The summed E-state index contributed by atoms with van der Waals surface area (Å²) in [5, 5.41) is 3.38. The molecule has 2 atom stereocenters. The largest absolute Gasteiger partial charge is 0.449 e. The first-order valence-electron chi connectivity index (χ1n) is 9.77. The van der Waals surface area contributed by atoms with Crippen molar-refractivity contribution in [1.29, 1.82) is 0 Å². The van der Waals surface area contributed by atoms with Crippen LogP contribution in [0.5, 0.6) is 0 Å². The van der Waals surface area contributed by atoms with E-state index < -0.39 is 0 Å². The fraction of sp³-hybridized carbons (Fsp3) is 0.304. The second-order valence-corrected chi connectivity index (χ2v) is 7.62. The third-order valence-corrected chi connectivity index (χ3v) is 5.96. The van der Waals surface area contributed by atoms with Crippen LogP contribution in [0.1, 0.15) is 29.2 Å². The number of benzene rings is 2. The smallest absolute Gasteiger partial charge is 0.335 e. The maximum atomic E-state index is 13.2. The fourth-order valence-electron chi connectivity index (χ4n) is 4.45. The first-order chi connectivity index (χ1) is 13.7. The summed E-state index contributed by atoms with van der Waals surface area (Å²) in [6.07, 6.45) is 0.890. The number of esters is 1. The predicted octanol–water partition coefficient (Wildman–Crippen LogP) is 2.53. The molecule has 2 aromatic carbocycles. The summed E-state index contributed by atoms with van der Waals surface area (Å²) in [5.41, 5.74) is 5.14. The lowest BCUT2D eigenvalue weighted by Crippen LogP contribution is -2.51. The molecule has 5 nitrogen and oxygen atoms in total. The monoisotopic (exact) mass is 374 g/mol. The molecule has 5 heteroatoms. The van der Waals surface area contributed by atoms with E-state index in [1.165, 1.54) is 11.1 Å². The number of nitrogens with zero attached hydrogens (tertiary/aromatic N) is 1. The molecule has 0 spiro atoms. The third-order valence-electron chi connectivity index (χ3n) is 5.96. The molecule has 5 rings (SSSR count). The van der Waals surface area contributed by atoms with Crippen LogP contribution in [0, 0.1) is 0 Å². The number of ether oxygens (including phenoxy) is 1. The van der Waals surface area contributed by atoms with Gasteiger partial charge in [-0.15, -0.1) is 0 Å². The van der Waals surface area contributed by atoms with Crippen LogP contribution in [-0.2, 0) is 27.3 Å². The first-order valence-corrected chi connectivity index (χ1v) is 9.77. The average molecular weight is 374 g/mol. The molecule has 2 aromatic rings. The number of cyclic esters (lactones) is 1. The molecule has 28 heavy (non-hydrogen) atoms. The van der Waals surface area contributed by atoms with Crippen LogP contribution in [-0.4, -0.2) is 35.9 Å². The van der Waals surface area contributed by atoms with E-state index in [0.717, 1.165) is 16.7 Å². The number of nitrogens with one attached hydrogen (secondary N) is 1. The highest BCUT2D eigenvalue weighted by Crippen LogP contribution is 2.39. The van der Waals surface area contributed by atoms with Crippen molar-refractivity contribution in [3.63, 3.8) is 0 Å². The van der Waals surface area contributed by atoms with Gasteiger partial charge in [-0.3, -0.25) is 4.79 Å². The number of amides is 1. The highest BCUT2D eigenvalue weighted by molar-refractivity contribution is 5.94. The van der Waals surface area contributed by atoms with Gasteiger partial charge in [0.25, 0.3) is 0 Å². The van der Waals surface area contributed by atoms with Crippen molar-refractivity contribution in [1.82, 2.24) is 10.2 Å². The summed E-state index contributed by atoms with van der Waals surface area (Å²) < 4.78 is 5.65. The van der Waals surface area contributed by atoms with Gasteiger partial charge in [0.1, 0.15) is 0 Å². The van der Waals surface area contributed by atoms with E-state index in [-0.39, 0.29) is 24.0 Å². The molecule has 0 aromatic heterocycles. The summed E-state index contributed by atoms with van der Waals surface area (Å²) in [4.78, 5) is 27.4. The molecule has 0 radical (unpaired) electrons. The maximum Gasteiger partial charge on any atom is 0.335 e. The van der Waals surface area contributed by atoms with Gasteiger partial charge in [-0.25, -0.2) is 4.79 Å². The predicted molar refractivity (Wildman–Crippen MR) is 104 cm³/mol. The van der Waals surface area contributed by atoms with Gasteiger partial charge in [-0.05, 0) is 29.5 Å². The Balaban J connectivity index is 1.35. The highest BCUT2D eigenvalue weighted by Gasteiger charge is 2.40. The highest BCUT2D eigenvalue weighted by atomic mass is 16.5. The fourth-order valence-corrected chi connectivity index (χ4v) is 4.45. The number of hydrogen-bond acceptors (Lipinski definition) is 4. The van der Waals surface area contributed by atoms with Gasteiger partial charge < -0.3 is 15.0 Å². The minimum absolute atomic E-state index is 0.104. The van der Waals surface area contributed by atoms with Gasteiger partial charge in [0.15, 0.2) is 6.10 Å². The second-order valence-electron chi connectivity index (χ2n) is 7.62. The van der Waals surface area contributed by atoms with Crippen LogP contribution >= 0.6 is 0 Å². The van der Waals surface area contributed by atoms with Crippen molar-refractivity contribution < 1.29 is 14.3 Å². The van der Waals surface area contributed by atoms with Crippen molar-refractivity contribution in [2.24, 2.45) is 0 Å². The van der Waals surface area contributed by atoms with Gasteiger partial charge in [0.05, 0.1) is 6.04 Å². The van der Waals surface area contributed by atoms with Crippen molar-refractivity contribution in [2.75, 3.05) is 13.1 Å². The third kappa shape index (κ3) is 2.92. The van der Waals surface area contributed by atoms with Gasteiger partial charge in [-0.1, -0.05) is 54.6 Å². The summed E-state index contributed by atoms with van der Waals surface area (Å²) >= 11 is 0. The van der Waals surface area contributed by atoms with E-state index in [1.54, 1.807) is 0 Å². The minimum atomic E-state index is -0.376. The quantitative estimate of drug-likeness (QED) is 0.821. The molecular formula is C23H22N2O3. The Morgan fingerprint density at radius 1 is 1.04 bits per heavy atom. The Morgan fingerprint density at radius 2 is 1.79 bits per heavy atom. The lowest BCUT2D eigenvalue weighted by atomic mass is 9.92. The molecule has 142 valence electrons. The molecule has 3 aliphatic rings. The summed E-state index contributed by atoms with van der Waals surface area (Å²) in [6, 6.07) is 17.8. The first kappa shape index (κ1) is 17.2. The van der Waals surface area contributed by atoms with Crippen molar-refractivity contribution in [3.8, 4) is 0 Å². The van der Waals surface area contributed by atoms with Gasteiger partial charge in [0, 0.05) is 30.8 Å². The molecule has 1 unspecified atom stereocenters. The normalized spacial score (nSPS) is 23.9. The van der Waals surface area contributed by atoms with E-state index in [9.17, 15) is 9.59 Å². The number of rotatable bonds is 2. The Bertz CT molecular complexity index is 967. The van der Waals surface area contributed by atoms with Crippen molar-refractivity contribution in [2.45, 2.75) is 31.5 Å². The molecule has 3 aliphatic heterocycles. The standard InChI is InChI=1S/C23H22N2O3/c26-22(20-12-16-8-4-5-9-17(16)13-24-20)25-11-10-18-19(14-25)21(28-23(18)27)15-6-2-1-3-7-15/h1-9,20-21,24H,10-14H2/t20-,21?/m0/s1. The number of hydrogen-bond donors (Lipinski definition) is 1. The number of carbonyl (C=O) groups is 2. The number of fused-ring (bicyclic) bond motifs is 1. The Morgan fingerprint density at radius 3 is 2.61 bits per heavy atom. The number of carbonyl (C=O) groups excluding carboxylic acids is 2. The van der Waals surface area contributed by atoms with Gasteiger partial charge in [0.2, 0.25) is 5.91 Å². The second kappa shape index (κ2) is 6.91. The Hall–Kier alpha value is -2.92. The average Bonchev–Trinajstić information content (AvgIpc) is 3.09. The van der Waals surface area contributed by atoms with E-state index in [4.69, 9.17) is 4.74 Å². The molecule has 0 aliphatic carbocycles. The molecule has 0 fully saturated rings. The van der Waals surface area contributed by atoms with E-state index in [2.05, 4.69) is 17.4 Å². The van der Waals surface area contributed by atoms with Crippen LogP contribution in [0.4, 0.5) is 0 Å². The van der Waals surface area contributed by atoms with Crippen LogP contribution < -0.4 is 5.32 Å².